The minimum atomic E-state index is 0.278. The minimum Gasteiger partial charge on any atom is -0.383 e. The number of nitrogens with zero attached hydrogens (tertiary/aromatic N) is 1. The van der Waals surface area contributed by atoms with E-state index in [9.17, 15) is 0 Å². The molecule has 1 N–H and O–H groups in total. The van der Waals surface area contributed by atoms with Crippen LogP contribution < -0.4 is 5.32 Å². The van der Waals surface area contributed by atoms with Gasteiger partial charge in [0.05, 0.1) is 6.61 Å². The van der Waals surface area contributed by atoms with E-state index in [1.165, 1.54) is 38.5 Å². The molecule has 1 fully saturated rings. The highest BCUT2D eigenvalue weighted by Gasteiger charge is 2.19. The van der Waals surface area contributed by atoms with Crippen molar-refractivity contribution in [3.63, 3.8) is 0 Å². The average Bonchev–Trinajstić information content (AvgIpc) is 2.56. The van der Waals surface area contributed by atoms with Gasteiger partial charge in [0.15, 0.2) is 5.11 Å². The first-order valence-electron chi connectivity index (χ1n) is 6.67. The summed E-state index contributed by atoms with van der Waals surface area (Å²) >= 11 is 5.45. The van der Waals surface area contributed by atoms with Gasteiger partial charge in [0.1, 0.15) is 0 Å². The molecule has 1 aliphatic rings. The van der Waals surface area contributed by atoms with Gasteiger partial charge in [-0.15, -0.1) is 0 Å². The molecule has 1 atom stereocenters. The number of methoxy groups -OCH3 is 1. The van der Waals surface area contributed by atoms with E-state index in [0.29, 0.717) is 12.6 Å². The van der Waals surface area contributed by atoms with Crippen LogP contribution in [-0.2, 0) is 4.74 Å². The second kappa shape index (κ2) is 7.88. The monoisotopic (exact) mass is 258 g/mol. The quantitative estimate of drug-likeness (QED) is 0.619. The van der Waals surface area contributed by atoms with Gasteiger partial charge >= 0.3 is 0 Å². The zero-order chi connectivity index (χ0) is 12.7. The Morgan fingerprint density at radius 3 is 2.47 bits per heavy atom. The summed E-state index contributed by atoms with van der Waals surface area (Å²) in [5.74, 6) is 0. The molecule has 0 aromatic rings. The molecular formula is C13H26N2OS. The van der Waals surface area contributed by atoms with E-state index in [0.717, 1.165) is 5.11 Å². The van der Waals surface area contributed by atoms with Crippen molar-refractivity contribution in [1.82, 2.24) is 10.2 Å². The van der Waals surface area contributed by atoms with E-state index >= 15 is 0 Å². The number of nitrogens with one attached hydrogen (secondary N) is 1. The standard InChI is InChI=1S/C13H26N2OS/c1-11(10-16-3)14-13(17)15(2)12-8-6-4-5-7-9-12/h11-12H,4-10H2,1-3H3,(H,14,17). The Labute approximate surface area is 111 Å². The van der Waals surface area contributed by atoms with Gasteiger partial charge in [-0.2, -0.15) is 0 Å². The maximum Gasteiger partial charge on any atom is 0.169 e. The summed E-state index contributed by atoms with van der Waals surface area (Å²) in [6.07, 6.45) is 7.99. The van der Waals surface area contributed by atoms with Gasteiger partial charge in [0.2, 0.25) is 0 Å². The van der Waals surface area contributed by atoms with Crippen LogP contribution in [0.3, 0.4) is 0 Å². The predicted molar refractivity (Wildman–Crippen MR) is 76.3 cm³/mol. The van der Waals surface area contributed by atoms with Crippen LogP contribution in [0.5, 0.6) is 0 Å². The van der Waals surface area contributed by atoms with E-state index in [1.807, 2.05) is 0 Å². The molecule has 0 spiro atoms. The molecule has 0 amide bonds. The Morgan fingerprint density at radius 2 is 1.94 bits per heavy atom. The van der Waals surface area contributed by atoms with Crippen molar-refractivity contribution < 1.29 is 4.74 Å². The topological polar surface area (TPSA) is 24.5 Å². The van der Waals surface area contributed by atoms with E-state index in [4.69, 9.17) is 17.0 Å². The van der Waals surface area contributed by atoms with E-state index in [-0.39, 0.29) is 6.04 Å². The Morgan fingerprint density at radius 1 is 1.35 bits per heavy atom. The lowest BCUT2D eigenvalue weighted by atomic mass is 10.1. The van der Waals surface area contributed by atoms with Crippen LogP contribution in [0, 0.1) is 0 Å². The molecule has 1 unspecified atom stereocenters. The first kappa shape index (κ1) is 14.7. The summed E-state index contributed by atoms with van der Waals surface area (Å²) < 4.78 is 5.11. The lowest BCUT2D eigenvalue weighted by molar-refractivity contribution is 0.177. The number of hydrogen-bond acceptors (Lipinski definition) is 2. The third-order valence-electron chi connectivity index (χ3n) is 3.48. The predicted octanol–water partition coefficient (Wildman–Crippen LogP) is 2.55. The molecule has 0 radical (unpaired) electrons. The molecule has 1 rings (SSSR count). The summed E-state index contributed by atoms with van der Waals surface area (Å²) in [6.45, 7) is 2.79. The number of ether oxygens (including phenoxy) is 1. The van der Waals surface area contributed by atoms with Gasteiger partial charge in [-0.25, -0.2) is 0 Å². The highest BCUT2D eigenvalue weighted by Crippen LogP contribution is 2.21. The largest absolute Gasteiger partial charge is 0.383 e. The van der Waals surface area contributed by atoms with Crippen molar-refractivity contribution in [1.29, 1.82) is 0 Å². The summed E-state index contributed by atoms with van der Waals surface area (Å²) in [7, 11) is 3.83. The van der Waals surface area contributed by atoms with Gasteiger partial charge < -0.3 is 15.0 Å². The van der Waals surface area contributed by atoms with Crippen LogP contribution in [-0.4, -0.2) is 42.9 Å². The lowest BCUT2D eigenvalue weighted by Gasteiger charge is -2.31. The maximum atomic E-state index is 5.45. The molecule has 17 heavy (non-hydrogen) atoms. The average molecular weight is 258 g/mol. The van der Waals surface area contributed by atoms with Crippen LogP contribution in [0.4, 0.5) is 0 Å². The molecular weight excluding hydrogens is 232 g/mol. The SMILES string of the molecule is COCC(C)NC(=S)N(C)C1CCCCCC1. The molecule has 1 saturated carbocycles. The van der Waals surface area contributed by atoms with Crippen LogP contribution in [0.15, 0.2) is 0 Å². The highest BCUT2D eigenvalue weighted by atomic mass is 32.1. The normalized spacial score (nSPS) is 19.5. The minimum absolute atomic E-state index is 0.278. The maximum absolute atomic E-state index is 5.45. The van der Waals surface area contributed by atoms with E-state index in [2.05, 4.69) is 24.2 Å². The second-order valence-corrected chi connectivity index (χ2v) is 5.45. The van der Waals surface area contributed by atoms with E-state index < -0.39 is 0 Å². The van der Waals surface area contributed by atoms with Crippen molar-refractivity contribution >= 4 is 17.3 Å². The fourth-order valence-electron chi connectivity index (χ4n) is 2.42. The summed E-state index contributed by atoms with van der Waals surface area (Å²) in [4.78, 5) is 2.24. The molecule has 0 saturated heterocycles. The number of hydrogen-bond donors (Lipinski definition) is 1. The van der Waals surface area contributed by atoms with Gasteiger partial charge in [0.25, 0.3) is 0 Å². The van der Waals surface area contributed by atoms with Crippen molar-refractivity contribution in [3.05, 3.63) is 0 Å². The van der Waals surface area contributed by atoms with Crippen molar-refractivity contribution in [3.8, 4) is 0 Å². The van der Waals surface area contributed by atoms with Crippen LogP contribution in [0.2, 0.25) is 0 Å². The third-order valence-corrected chi connectivity index (χ3v) is 3.89. The Bertz CT molecular complexity index is 227. The summed E-state index contributed by atoms with van der Waals surface area (Å²) in [5, 5.41) is 4.19. The molecule has 0 aromatic heterocycles. The third kappa shape index (κ3) is 5.21. The fourth-order valence-corrected chi connectivity index (χ4v) is 2.77. The smallest absolute Gasteiger partial charge is 0.169 e. The molecule has 4 heteroatoms. The van der Waals surface area contributed by atoms with Crippen molar-refractivity contribution in [2.45, 2.75) is 57.5 Å². The Balaban J connectivity index is 2.38. The van der Waals surface area contributed by atoms with Gasteiger partial charge in [-0.3, -0.25) is 0 Å². The fraction of sp³-hybridized carbons (Fsp3) is 0.923. The highest BCUT2D eigenvalue weighted by molar-refractivity contribution is 7.80. The molecule has 100 valence electrons. The first-order valence-corrected chi connectivity index (χ1v) is 7.08. The Kier molecular flexibility index (Phi) is 6.82. The molecule has 0 aromatic carbocycles. The van der Waals surface area contributed by atoms with Gasteiger partial charge in [-0.1, -0.05) is 25.7 Å². The molecule has 0 bridgehead atoms. The molecule has 1 aliphatic carbocycles. The number of rotatable bonds is 4. The van der Waals surface area contributed by atoms with Crippen molar-refractivity contribution in [2.75, 3.05) is 20.8 Å². The second-order valence-electron chi connectivity index (χ2n) is 5.06. The van der Waals surface area contributed by atoms with Gasteiger partial charge in [-0.05, 0) is 32.0 Å². The van der Waals surface area contributed by atoms with Crippen LogP contribution in [0.1, 0.15) is 45.4 Å². The number of thiocarbonyl (C=S) groups is 1. The lowest BCUT2D eigenvalue weighted by Crippen LogP contribution is -2.47. The summed E-state index contributed by atoms with van der Waals surface area (Å²) in [5.41, 5.74) is 0. The van der Waals surface area contributed by atoms with Crippen molar-refractivity contribution in [2.24, 2.45) is 0 Å². The molecule has 0 aliphatic heterocycles. The first-order chi connectivity index (χ1) is 8.15. The van der Waals surface area contributed by atoms with E-state index in [1.54, 1.807) is 7.11 Å². The zero-order valence-electron chi connectivity index (χ0n) is 11.4. The van der Waals surface area contributed by atoms with Gasteiger partial charge in [0, 0.05) is 26.2 Å². The zero-order valence-corrected chi connectivity index (χ0v) is 12.2. The van der Waals surface area contributed by atoms with Crippen LogP contribution in [0.25, 0.3) is 0 Å². The van der Waals surface area contributed by atoms with Crippen LogP contribution >= 0.6 is 12.2 Å². The molecule has 0 heterocycles. The molecule has 3 nitrogen and oxygen atoms in total. The Hall–Kier alpha value is -0.350. The summed E-state index contributed by atoms with van der Waals surface area (Å²) in [6, 6.07) is 0.896.